The van der Waals surface area contributed by atoms with E-state index >= 15 is 0 Å². The average molecular weight is 270 g/mol. The summed E-state index contributed by atoms with van der Waals surface area (Å²) in [5.41, 5.74) is 3.20. The Morgan fingerprint density at radius 1 is 1.30 bits per heavy atom. The smallest absolute Gasteiger partial charge is 0.224 e. The van der Waals surface area contributed by atoms with Crippen molar-refractivity contribution >= 4 is 5.91 Å². The largest absolute Gasteiger partial charge is 0.352 e. The van der Waals surface area contributed by atoms with Gasteiger partial charge in [0.2, 0.25) is 5.91 Å². The molecule has 0 aliphatic carbocycles. The van der Waals surface area contributed by atoms with E-state index in [0.717, 1.165) is 36.3 Å². The fraction of sp³-hybridized carbons (Fsp3) is 0.333. The number of nitrogens with one attached hydrogen (secondary N) is 3. The summed E-state index contributed by atoms with van der Waals surface area (Å²) < 4.78 is 0. The molecule has 0 spiro atoms. The standard InChI is InChI=1S/C15H18N4O/c20-15(13-5-7-16-10-13)17-9-11-1-3-12(4-2-11)14-6-8-18-19-14/h1-4,6,8,13,16H,5,7,9-10H2,(H,17,20)(H,18,19). The molecule has 0 radical (unpaired) electrons. The fourth-order valence-electron chi connectivity index (χ4n) is 2.43. The maximum absolute atomic E-state index is 11.9. The van der Waals surface area contributed by atoms with Crippen LogP contribution in [0.4, 0.5) is 0 Å². The van der Waals surface area contributed by atoms with E-state index < -0.39 is 0 Å². The number of benzene rings is 1. The van der Waals surface area contributed by atoms with Crippen LogP contribution in [0, 0.1) is 5.92 Å². The number of rotatable bonds is 4. The summed E-state index contributed by atoms with van der Waals surface area (Å²) in [7, 11) is 0. The van der Waals surface area contributed by atoms with Crippen LogP contribution in [0.2, 0.25) is 0 Å². The first-order valence-corrected chi connectivity index (χ1v) is 6.90. The first-order valence-electron chi connectivity index (χ1n) is 6.90. The summed E-state index contributed by atoms with van der Waals surface area (Å²) in [6.45, 7) is 2.32. The number of amides is 1. The lowest BCUT2D eigenvalue weighted by molar-refractivity contribution is -0.124. The molecule has 0 saturated carbocycles. The molecule has 1 unspecified atom stereocenters. The van der Waals surface area contributed by atoms with Crippen LogP contribution in [0.5, 0.6) is 0 Å². The van der Waals surface area contributed by atoms with Crippen LogP contribution >= 0.6 is 0 Å². The second kappa shape index (κ2) is 5.88. The highest BCUT2D eigenvalue weighted by Crippen LogP contribution is 2.16. The molecule has 104 valence electrons. The van der Waals surface area contributed by atoms with Gasteiger partial charge >= 0.3 is 0 Å². The van der Waals surface area contributed by atoms with Crippen LogP contribution in [0.1, 0.15) is 12.0 Å². The normalized spacial score (nSPS) is 18.1. The zero-order valence-corrected chi connectivity index (χ0v) is 11.2. The van der Waals surface area contributed by atoms with Crippen molar-refractivity contribution in [2.24, 2.45) is 5.92 Å². The Hall–Kier alpha value is -2.14. The van der Waals surface area contributed by atoms with Crippen molar-refractivity contribution in [2.45, 2.75) is 13.0 Å². The van der Waals surface area contributed by atoms with E-state index in [4.69, 9.17) is 0 Å². The van der Waals surface area contributed by atoms with Crippen LogP contribution in [0.25, 0.3) is 11.3 Å². The predicted molar refractivity (Wildman–Crippen MR) is 76.8 cm³/mol. The van der Waals surface area contributed by atoms with Gasteiger partial charge in [0, 0.05) is 19.3 Å². The lowest BCUT2D eigenvalue weighted by Gasteiger charge is -2.10. The molecular formula is C15H18N4O. The number of hydrogen-bond donors (Lipinski definition) is 3. The van der Waals surface area contributed by atoms with E-state index in [9.17, 15) is 4.79 Å². The minimum Gasteiger partial charge on any atom is -0.352 e. The highest BCUT2D eigenvalue weighted by Gasteiger charge is 2.21. The van der Waals surface area contributed by atoms with Crippen LogP contribution in [0.15, 0.2) is 36.5 Å². The van der Waals surface area contributed by atoms with Gasteiger partial charge in [0.1, 0.15) is 0 Å². The Morgan fingerprint density at radius 2 is 2.15 bits per heavy atom. The maximum atomic E-state index is 11.9. The quantitative estimate of drug-likeness (QED) is 0.784. The van der Waals surface area contributed by atoms with Crippen molar-refractivity contribution in [1.29, 1.82) is 0 Å². The Labute approximate surface area is 117 Å². The van der Waals surface area contributed by atoms with Crippen molar-refractivity contribution in [1.82, 2.24) is 20.8 Å². The number of nitrogens with zero attached hydrogens (tertiary/aromatic N) is 1. The molecular weight excluding hydrogens is 252 g/mol. The first kappa shape index (κ1) is 12.9. The molecule has 1 amide bonds. The van der Waals surface area contributed by atoms with E-state index in [0.29, 0.717) is 6.54 Å². The summed E-state index contributed by atoms with van der Waals surface area (Å²) >= 11 is 0. The molecule has 3 N–H and O–H groups in total. The predicted octanol–water partition coefficient (Wildman–Crippen LogP) is 1.30. The number of aromatic amines is 1. The van der Waals surface area contributed by atoms with Crippen LogP contribution in [-0.4, -0.2) is 29.2 Å². The molecule has 1 aliphatic heterocycles. The van der Waals surface area contributed by atoms with Gasteiger partial charge in [0.25, 0.3) is 0 Å². The van der Waals surface area contributed by atoms with Gasteiger partial charge in [-0.2, -0.15) is 5.10 Å². The molecule has 1 aliphatic rings. The van der Waals surface area contributed by atoms with Gasteiger partial charge in [-0.1, -0.05) is 24.3 Å². The van der Waals surface area contributed by atoms with Crippen molar-refractivity contribution in [3.8, 4) is 11.3 Å². The number of carbonyl (C=O) groups excluding carboxylic acids is 1. The second-order valence-corrected chi connectivity index (χ2v) is 5.07. The number of carbonyl (C=O) groups is 1. The third-order valence-corrected chi connectivity index (χ3v) is 3.66. The zero-order chi connectivity index (χ0) is 13.8. The molecule has 1 saturated heterocycles. The SMILES string of the molecule is O=C(NCc1ccc(-c2ccn[nH]2)cc1)C1CCNC1. The Morgan fingerprint density at radius 3 is 2.80 bits per heavy atom. The first-order chi connectivity index (χ1) is 9.83. The van der Waals surface area contributed by atoms with Crippen molar-refractivity contribution in [3.63, 3.8) is 0 Å². The summed E-state index contributed by atoms with van der Waals surface area (Å²) in [5, 5.41) is 13.1. The Kier molecular flexibility index (Phi) is 3.78. The monoisotopic (exact) mass is 270 g/mol. The second-order valence-electron chi connectivity index (χ2n) is 5.07. The highest BCUT2D eigenvalue weighted by molar-refractivity contribution is 5.79. The summed E-state index contributed by atoms with van der Waals surface area (Å²) in [5.74, 6) is 0.270. The maximum Gasteiger partial charge on any atom is 0.224 e. The van der Waals surface area contributed by atoms with Crippen LogP contribution in [0.3, 0.4) is 0 Å². The Bertz CT molecular complexity index is 556. The van der Waals surface area contributed by atoms with Gasteiger partial charge in [0.15, 0.2) is 0 Å². The number of hydrogen-bond acceptors (Lipinski definition) is 3. The van der Waals surface area contributed by atoms with Gasteiger partial charge in [-0.25, -0.2) is 0 Å². The number of H-pyrrole nitrogens is 1. The zero-order valence-electron chi connectivity index (χ0n) is 11.2. The molecule has 2 heterocycles. The van der Waals surface area contributed by atoms with Gasteiger partial charge in [-0.05, 0) is 30.2 Å². The van der Waals surface area contributed by atoms with Crippen LogP contribution in [-0.2, 0) is 11.3 Å². The minimum absolute atomic E-state index is 0.124. The van der Waals surface area contributed by atoms with Gasteiger partial charge in [-0.15, -0.1) is 0 Å². The lowest BCUT2D eigenvalue weighted by Crippen LogP contribution is -2.31. The summed E-state index contributed by atoms with van der Waals surface area (Å²) in [6, 6.07) is 10.1. The van der Waals surface area contributed by atoms with Gasteiger partial charge < -0.3 is 10.6 Å². The van der Waals surface area contributed by atoms with Crippen LogP contribution < -0.4 is 10.6 Å². The molecule has 5 nitrogen and oxygen atoms in total. The van der Waals surface area contributed by atoms with Crippen molar-refractivity contribution in [2.75, 3.05) is 13.1 Å². The summed E-state index contributed by atoms with van der Waals surface area (Å²) in [6.07, 6.45) is 2.67. The molecule has 1 aromatic heterocycles. The molecule has 0 bridgehead atoms. The molecule has 1 aromatic carbocycles. The fourth-order valence-corrected chi connectivity index (χ4v) is 2.43. The highest BCUT2D eigenvalue weighted by atomic mass is 16.1. The third-order valence-electron chi connectivity index (χ3n) is 3.66. The molecule has 1 fully saturated rings. The molecule has 20 heavy (non-hydrogen) atoms. The van der Waals surface area contributed by atoms with Gasteiger partial charge in [0.05, 0.1) is 11.6 Å². The summed E-state index contributed by atoms with van der Waals surface area (Å²) in [4.78, 5) is 11.9. The van der Waals surface area contributed by atoms with Gasteiger partial charge in [-0.3, -0.25) is 9.89 Å². The average Bonchev–Trinajstić information content (AvgIpc) is 3.18. The van der Waals surface area contributed by atoms with E-state index in [1.54, 1.807) is 6.20 Å². The molecule has 1 atom stereocenters. The van der Waals surface area contributed by atoms with E-state index in [1.807, 2.05) is 30.3 Å². The molecule has 2 aromatic rings. The third kappa shape index (κ3) is 2.88. The number of aromatic nitrogens is 2. The molecule has 3 rings (SSSR count). The Balaban J connectivity index is 1.57. The van der Waals surface area contributed by atoms with Crippen molar-refractivity contribution < 1.29 is 4.79 Å². The minimum atomic E-state index is 0.124. The van der Waals surface area contributed by atoms with E-state index in [2.05, 4.69) is 20.8 Å². The van der Waals surface area contributed by atoms with E-state index in [1.165, 1.54) is 0 Å². The van der Waals surface area contributed by atoms with E-state index in [-0.39, 0.29) is 11.8 Å². The molecule has 5 heteroatoms. The lowest BCUT2D eigenvalue weighted by atomic mass is 10.1. The topological polar surface area (TPSA) is 69.8 Å². The van der Waals surface area contributed by atoms with Crippen molar-refractivity contribution in [3.05, 3.63) is 42.1 Å².